The van der Waals surface area contributed by atoms with Crippen molar-refractivity contribution in [2.45, 2.75) is 59.3 Å². The molecule has 0 saturated heterocycles. The SMILES string of the molecule is COc1ccc(-c2cc(-c3ccc4c(c3)c3ccccc3n4-c3ccc(C(C)(C)C)cc3)c(-c3ccc(C)cc3)cc2-c2ccc3c(c2)c2ccccc2n3-c2ccc(C(C)(C)C)cc2)cc1. The predicted octanol–water partition coefficient (Wildman–Crippen LogP) is 17.5. The number of methoxy groups -OCH3 is 1. The molecule has 2 heterocycles. The summed E-state index contributed by atoms with van der Waals surface area (Å²) in [6.45, 7) is 15.8. The van der Waals surface area contributed by atoms with Crippen LogP contribution in [0.15, 0.2) is 194 Å². The minimum absolute atomic E-state index is 0.0787. The molecule has 0 fully saturated rings. The number of rotatable bonds is 7. The van der Waals surface area contributed by atoms with Crippen LogP contribution in [0.5, 0.6) is 5.75 Å². The van der Waals surface area contributed by atoms with Crippen molar-refractivity contribution < 1.29 is 4.74 Å². The largest absolute Gasteiger partial charge is 0.497 e. The molecule has 0 radical (unpaired) electrons. The summed E-state index contributed by atoms with van der Waals surface area (Å²) in [5.74, 6) is 0.835. The molecule has 11 rings (SSSR count). The number of nitrogens with zero attached hydrogens (tertiary/aromatic N) is 2. The zero-order valence-corrected chi connectivity index (χ0v) is 39.8. The van der Waals surface area contributed by atoms with Crippen molar-refractivity contribution in [1.29, 1.82) is 0 Å². The van der Waals surface area contributed by atoms with Gasteiger partial charge in [-0.25, -0.2) is 0 Å². The normalized spacial score (nSPS) is 12.2. The summed E-state index contributed by atoms with van der Waals surface area (Å²) in [6, 6.07) is 72.4. The minimum atomic E-state index is 0.0787. The van der Waals surface area contributed by atoms with Gasteiger partial charge in [0, 0.05) is 32.9 Å². The summed E-state index contributed by atoms with van der Waals surface area (Å²) < 4.78 is 10.5. The maximum absolute atomic E-state index is 5.68. The molecule has 0 aliphatic rings. The van der Waals surface area contributed by atoms with Crippen LogP contribution in [0.3, 0.4) is 0 Å². The van der Waals surface area contributed by atoms with E-state index in [1.807, 2.05) is 0 Å². The predicted molar refractivity (Wildman–Crippen MR) is 286 cm³/mol. The van der Waals surface area contributed by atoms with E-state index in [1.165, 1.54) is 93.7 Å². The highest BCUT2D eigenvalue weighted by Gasteiger charge is 2.22. The molecule has 0 N–H and O–H groups in total. The topological polar surface area (TPSA) is 19.1 Å². The van der Waals surface area contributed by atoms with Crippen LogP contribution < -0.4 is 4.74 Å². The fraction of sp³-hybridized carbons (Fsp3) is 0.156. The number of hydrogen-bond acceptors (Lipinski definition) is 1. The lowest BCUT2D eigenvalue weighted by Crippen LogP contribution is -2.10. The second kappa shape index (κ2) is 16.1. The Balaban J connectivity index is 1.14. The summed E-state index contributed by atoms with van der Waals surface area (Å²) in [5, 5.41) is 4.93. The van der Waals surface area contributed by atoms with Gasteiger partial charge < -0.3 is 13.9 Å². The van der Waals surface area contributed by atoms with Crippen molar-refractivity contribution in [3.8, 4) is 61.6 Å². The molecule has 2 aromatic heterocycles. The van der Waals surface area contributed by atoms with E-state index in [1.54, 1.807) is 7.11 Å². The first kappa shape index (κ1) is 42.0. The van der Waals surface area contributed by atoms with Gasteiger partial charge in [-0.15, -0.1) is 0 Å². The Morgan fingerprint density at radius 2 is 0.701 bits per heavy atom. The van der Waals surface area contributed by atoms with Crippen molar-refractivity contribution in [1.82, 2.24) is 9.13 Å². The van der Waals surface area contributed by atoms with Crippen molar-refractivity contribution in [3.05, 3.63) is 211 Å². The molecule has 11 aromatic rings. The average Bonchev–Trinajstić information content (AvgIpc) is 3.85. The summed E-state index contributed by atoms with van der Waals surface area (Å²) in [5.41, 5.74) is 20.5. The monoisotopic (exact) mass is 868 g/mol. The van der Waals surface area contributed by atoms with Gasteiger partial charge in [-0.05, 0) is 158 Å². The van der Waals surface area contributed by atoms with Gasteiger partial charge in [0.25, 0.3) is 0 Å². The maximum Gasteiger partial charge on any atom is 0.118 e. The molecule has 0 bridgehead atoms. The van der Waals surface area contributed by atoms with Crippen molar-refractivity contribution in [2.24, 2.45) is 0 Å². The van der Waals surface area contributed by atoms with Crippen LogP contribution in [0, 0.1) is 6.92 Å². The van der Waals surface area contributed by atoms with Gasteiger partial charge in [-0.3, -0.25) is 0 Å². The fourth-order valence-corrected chi connectivity index (χ4v) is 10.1. The molecule has 9 aromatic carbocycles. The van der Waals surface area contributed by atoms with Gasteiger partial charge in [0.05, 0.1) is 29.2 Å². The number of hydrogen-bond donors (Lipinski definition) is 0. The van der Waals surface area contributed by atoms with Gasteiger partial charge in [-0.1, -0.05) is 156 Å². The highest BCUT2D eigenvalue weighted by Crippen LogP contribution is 2.46. The van der Waals surface area contributed by atoms with E-state index in [0.717, 1.165) is 28.3 Å². The summed E-state index contributed by atoms with van der Waals surface area (Å²) in [4.78, 5) is 0. The van der Waals surface area contributed by atoms with Gasteiger partial charge >= 0.3 is 0 Å². The lowest BCUT2D eigenvalue weighted by atomic mass is 9.85. The average molecular weight is 869 g/mol. The zero-order chi connectivity index (χ0) is 46.2. The summed E-state index contributed by atoms with van der Waals surface area (Å²) in [6.07, 6.45) is 0. The minimum Gasteiger partial charge on any atom is -0.497 e. The van der Waals surface area contributed by atoms with Crippen LogP contribution in [0.2, 0.25) is 0 Å². The van der Waals surface area contributed by atoms with Gasteiger partial charge in [0.1, 0.15) is 5.75 Å². The third kappa shape index (κ3) is 7.40. The van der Waals surface area contributed by atoms with Crippen LogP contribution in [-0.2, 0) is 10.8 Å². The van der Waals surface area contributed by atoms with Crippen molar-refractivity contribution >= 4 is 43.6 Å². The number of fused-ring (bicyclic) bond motifs is 6. The molecule has 0 unspecified atom stereocenters. The lowest BCUT2D eigenvalue weighted by Gasteiger charge is -2.20. The quantitative estimate of drug-likeness (QED) is 0.156. The van der Waals surface area contributed by atoms with E-state index >= 15 is 0 Å². The standard InChI is InChI=1S/C64H56N2O/c1-41-17-19-42(20-18-41)53-39-56(45-24-36-62-58(38-45)52-14-10-12-16-60(52)66(62)49-31-27-47(28-32-49)64(5,6)7)54(43-21-33-50(67-8)34-22-43)40-55(53)44-23-35-61-57(37-44)51-13-9-11-15-59(51)65(61)48-29-25-46(26-30-48)63(2,3)4/h9-40H,1-8H3. The lowest BCUT2D eigenvalue weighted by molar-refractivity contribution is 0.415. The highest BCUT2D eigenvalue weighted by atomic mass is 16.5. The number of benzene rings is 9. The van der Waals surface area contributed by atoms with Crippen LogP contribution >= 0.6 is 0 Å². The maximum atomic E-state index is 5.68. The molecule has 0 amide bonds. The number of ether oxygens (including phenoxy) is 1. The Morgan fingerprint density at radius 1 is 0.343 bits per heavy atom. The van der Waals surface area contributed by atoms with Gasteiger partial charge in [0.15, 0.2) is 0 Å². The molecular formula is C64H56N2O. The van der Waals surface area contributed by atoms with E-state index in [9.17, 15) is 0 Å². The highest BCUT2D eigenvalue weighted by molar-refractivity contribution is 6.13. The number of para-hydroxylation sites is 2. The van der Waals surface area contributed by atoms with E-state index in [0.29, 0.717) is 0 Å². The molecule has 328 valence electrons. The Kier molecular flexibility index (Phi) is 10.1. The van der Waals surface area contributed by atoms with Crippen molar-refractivity contribution in [2.75, 3.05) is 7.11 Å². The first-order valence-corrected chi connectivity index (χ1v) is 23.5. The van der Waals surface area contributed by atoms with Crippen LogP contribution in [0.25, 0.3) is 99.5 Å². The van der Waals surface area contributed by atoms with Gasteiger partial charge in [-0.2, -0.15) is 0 Å². The third-order valence-corrected chi connectivity index (χ3v) is 13.9. The van der Waals surface area contributed by atoms with Crippen LogP contribution in [-0.4, -0.2) is 16.2 Å². The van der Waals surface area contributed by atoms with Crippen LogP contribution in [0.4, 0.5) is 0 Å². The molecular weight excluding hydrogens is 813 g/mol. The van der Waals surface area contributed by atoms with E-state index in [2.05, 4.69) is 252 Å². The van der Waals surface area contributed by atoms with Gasteiger partial charge in [0.2, 0.25) is 0 Å². The fourth-order valence-electron chi connectivity index (χ4n) is 10.1. The van der Waals surface area contributed by atoms with E-state index < -0.39 is 0 Å². The van der Waals surface area contributed by atoms with Crippen LogP contribution in [0.1, 0.15) is 58.2 Å². The number of aryl methyl sites for hydroxylation is 1. The molecule has 3 heteroatoms. The second-order valence-electron chi connectivity index (χ2n) is 20.3. The molecule has 0 aliphatic carbocycles. The smallest absolute Gasteiger partial charge is 0.118 e. The molecule has 0 spiro atoms. The molecule has 0 atom stereocenters. The summed E-state index contributed by atoms with van der Waals surface area (Å²) in [7, 11) is 1.73. The Hall–Kier alpha value is -7.62. The third-order valence-electron chi connectivity index (χ3n) is 13.9. The molecule has 67 heavy (non-hydrogen) atoms. The first-order chi connectivity index (χ1) is 32.3. The Labute approximate surface area is 394 Å². The second-order valence-corrected chi connectivity index (χ2v) is 20.3. The van der Waals surface area contributed by atoms with E-state index in [-0.39, 0.29) is 10.8 Å². The zero-order valence-electron chi connectivity index (χ0n) is 39.8. The first-order valence-electron chi connectivity index (χ1n) is 23.5. The molecule has 0 saturated carbocycles. The van der Waals surface area contributed by atoms with Crippen molar-refractivity contribution in [3.63, 3.8) is 0 Å². The Morgan fingerprint density at radius 3 is 1.10 bits per heavy atom. The van der Waals surface area contributed by atoms with E-state index in [4.69, 9.17) is 4.74 Å². The number of aromatic nitrogens is 2. The molecule has 0 aliphatic heterocycles. The summed E-state index contributed by atoms with van der Waals surface area (Å²) >= 11 is 0. The molecule has 3 nitrogen and oxygen atoms in total. The Bertz CT molecular complexity index is 3640.